The second-order valence-electron chi connectivity index (χ2n) is 5.05. The number of anilines is 1. The van der Waals surface area contributed by atoms with E-state index in [1.54, 1.807) is 32.5 Å². The van der Waals surface area contributed by atoms with Crippen LogP contribution in [0, 0.1) is 3.57 Å². The largest absolute Gasteiger partial charge is 0.493 e. The van der Waals surface area contributed by atoms with Crippen LogP contribution in [-0.2, 0) is 0 Å². The maximum Gasteiger partial charge on any atom is 0.256 e. The van der Waals surface area contributed by atoms with Crippen LogP contribution in [-0.4, -0.2) is 25.1 Å². The summed E-state index contributed by atoms with van der Waals surface area (Å²) in [6.07, 6.45) is 1.74. The molecular weight excluding hydrogens is 419 g/mol. The Kier molecular flexibility index (Phi) is 4.84. The number of hydrogen-bond donors (Lipinski definition) is 1. The number of fused-ring (bicyclic) bond motifs is 1. The molecule has 0 aliphatic heterocycles. The fraction of sp³-hybridized carbons (Fsp3) is 0.111. The van der Waals surface area contributed by atoms with E-state index in [1.807, 2.05) is 30.3 Å². The molecule has 0 aliphatic rings. The average Bonchev–Trinajstić information content (AvgIpc) is 2.61. The minimum Gasteiger partial charge on any atom is -0.493 e. The third kappa shape index (κ3) is 3.28. The highest BCUT2D eigenvalue weighted by Gasteiger charge is 2.15. The summed E-state index contributed by atoms with van der Waals surface area (Å²) < 4.78 is 11.3. The minimum atomic E-state index is -0.205. The number of nitrogens with zero attached hydrogens (tertiary/aromatic N) is 1. The minimum absolute atomic E-state index is 0.205. The van der Waals surface area contributed by atoms with E-state index in [4.69, 9.17) is 9.47 Å². The van der Waals surface area contributed by atoms with Crippen LogP contribution >= 0.6 is 22.6 Å². The van der Waals surface area contributed by atoms with Gasteiger partial charge in [0.1, 0.15) is 0 Å². The lowest BCUT2D eigenvalue weighted by atomic mass is 10.1. The Morgan fingerprint density at radius 3 is 2.58 bits per heavy atom. The van der Waals surface area contributed by atoms with Crippen molar-refractivity contribution >= 4 is 45.1 Å². The number of carbonyl (C=O) groups is 1. The molecule has 122 valence electrons. The fourth-order valence-corrected chi connectivity index (χ4v) is 3.06. The normalized spacial score (nSPS) is 10.5. The van der Waals surface area contributed by atoms with Gasteiger partial charge >= 0.3 is 0 Å². The summed E-state index contributed by atoms with van der Waals surface area (Å²) in [5, 5.41) is 3.88. The molecule has 0 radical (unpaired) electrons. The third-order valence-corrected chi connectivity index (χ3v) is 4.47. The predicted octanol–water partition coefficient (Wildman–Crippen LogP) is 4.11. The van der Waals surface area contributed by atoms with Gasteiger partial charge in [-0.1, -0.05) is 6.07 Å². The van der Waals surface area contributed by atoms with Crippen molar-refractivity contribution < 1.29 is 14.3 Å². The van der Waals surface area contributed by atoms with Gasteiger partial charge in [0.25, 0.3) is 5.91 Å². The molecule has 0 spiro atoms. The quantitative estimate of drug-likeness (QED) is 0.629. The molecule has 1 aromatic heterocycles. The highest BCUT2D eigenvalue weighted by atomic mass is 127. The lowest BCUT2D eigenvalue weighted by Crippen LogP contribution is -2.14. The zero-order valence-corrected chi connectivity index (χ0v) is 15.3. The first kappa shape index (κ1) is 16.5. The van der Waals surface area contributed by atoms with Crippen LogP contribution in [0.1, 0.15) is 10.4 Å². The number of halogens is 1. The molecule has 1 N–H and O–H groups in total. The summed E-state index contributed by atoms with van der Waals surface area (Å²) >= 11 is 2.11. The van der Waals surface area contributed by atoms with Gasteiger partial charge in [-0.25, -0.2) is 0 Å². The Bertz CT molecular complexity index is 912. The smallest absolute Gasteiger partial charge is 0.256 e. The predicted molar refractivity (Wildman–Crippen MR) is 102 cm³/mol. The topological polar surface area (TPSA) is 60.5 Å². The van der Waals surface area contributed by atoms with Gasteiger partial charge in [-0.3, -0.25) is 9.78 Å². The molecule has 3 aromatic rings. The lowest BCUT2D eigenvalue weighted by molar-refractivity contribution is 0.102. The molecule has 2 aromatic carbocycles. The number of aromatic nitrogens is 1. The Balaban J connectivity index is 1.91. The highest BCUT2D eigenvalue weighted by molar-refractivity contribution is 14.1. The van der Waals surface area contributed by atoms with Crippen molar-refractivity contribution in [2.75, 3.05) is 19.5 Å². The summed E-state index contributed by atoms with van der Waals surface area (Å²) in [7, 11) is 3.11. The van der Waals surface area contributed by atoms with E-state index in [2.05, 4.69) is 32.9 Å². The Hall–Kier alpha value is -2.35. The number of amides is 1. The van der Waals surface area contributed by atoms with Crippen LogP contribution in [0.3, 0.4) is 0 Å². The van der Waals surface area contributed by atoms with Gasteiger partial charge < -0.3 is 14.8 Å². The number of benzene rings is 2. The molecule has 24 heavy (non-hydrogen) atoms. The number of methoxy groups -OCH3 is 2. The zero-order valence-electron chi connectivity index (χ0n) is 13.2. The van der Waals surface area contributed by atoms with Crippen molar-refractivity contribution in [3.8, 4) is 11.5 Å². The van der Waals surface area contributed by atoms with Gasteiger partial charge in [0.2, 0.25) is 0 Å². The monoisotopic (exact) mass is 434 g/mol. The van der Waals surface area contributed by atoms with Crippen molar-refractivity contribution in [3.63, 3.8) is 0 Å². The van der Waals surface area contributed by atoms with Gasteiger partial charge in [-0.2, -0.15) is 0 Å². The second kappa shape index (κ2) is 7.04. The maximum atomic E-state index is 12.6. The molecule has 1 heterocycles. The molecule has 5 nitrogen and oxygen atoms in total. The molecule has 0 saturated heterocycles. The molecule has 1 amide bonds. The first-order valence-electron chi connectivity index (χ1n) is 7.20. The first-order chi connectivity index (χ1) is 11.6. The molecule has 0 aliphatic carbocycles. The van der Waals surface area contributed by atoms with E-state index in [0.717, 1.165) is 14.5 Å². The van der Waals surface area contributed by atoms with E-state index < -0.39 is 0 Å². The van der Waals surface area contributed by atoms with Crippen LogP contribution in [0.2, 0.25) is 0 Å². The SMILES string of the molecule is COc1cc(I)c(C(=O)Nc2ccc3ncccc3c2)cc1OC. The van der Waals surface area contributed by atoms with E-state index in [-0.39, 0.29) is 5.91 Å². The van der Waals surface area contributed by atoms with E-state index in [0.29, 0.717) is 22.7 Å². The average molecular weight is 434 g/mol. The molecular formula is C18H15IN2O3. The number of carbonyl (C=O) groups excluding carboxylic acids is 1. The Morgan fingerprint density at radius 2 is 1.83 bits per heavy atom. The van der Waals surface area contributed by atoms with Crippen LogP contribution in [0.25, 0.3) is 10.9 Å². The summed E-state index contributed by atoms with van der Waals surface area (Å²) in [4.78, 5) is 16.9. The molecule has 3 rings (SSSR count). The molecule has 0 unspecified atom stereocenters. The number of ether oxygens (including phenoxy) is 2. The van der Waals surface area contributed by atoms with Gasteiger partial charge in [-0.05, 0) is 59.0 Å². The van der Waals surface area contributed by atoms with Gasteiger partial charge in [0, 0.05) is 20.8 Å². The van der Waals surface area contributed by atoms with Crippen LogP contribution in [0.4, 0.5) is 5.69 Å². The maximum absolute atomic E-state index is 12.6. The van der Waals surface area contributed by atoms with E-state index >= 15 is 0 Å². The number of nitrogens with one attached hydrogen (secondary N) is 1. The van der Waals surface area contributed by atoms with Gasteiger partial charge in [0.15, 0.2) is 11.5 Å². The fourth-order valence-electron chi connectivity index (χ4n) is 2.38. The zero-order chi connectivity index (χ0) is 17.1. The standard InChI is InChI=1S/C18H15IN2O3/c1-23-16-9-13(14(19)10-17(16)24-2)18(22)21-12-5-6-15-11(8-12)4-3-7-20-15/h3-10H,1-2H3,(H,21,22). The number of pyridine rings is 1. The van der Waals surface area contributed by atoms with E-state index in [1.165, 1.54) is 0 Å². The van der Waals surface area contributed by atoms with Gasteiger partial charge in [0.05, 0.1) is 25.3 Å². The summed E-state index contributed by atoms with van der Waals surface area (Å²) in [5.41, 5.74) is 2.13. The van der Waals surface area contributed by atoms with Crippen molar-refractivity contribution in [2.24, 2.45) is 0 Å². The molecule has 0 bridgehead atoms. The summed E-state index contributed by atoms with van der Waals surface area (Å²) in [5.74, 6) is 0.907. The van der Waals surface area contributed by atoms with Crippen LogP contribution in [0.15, 0.2) is 48.7 Å². The van der Waals surface area contributed by atoms with Crippen molar-refractivity contribution in [1.82, 2.24) is 4.98 Å². The third-order valence-electron chi connectivity index (χ3n) is 3.58. The first-order valence-corrected chi connectivity index (χ1v) is 8.28. The van der Waals surface area contributed by atoms with Crippen LogP contribution in [0.5, 0.6) is 11.5 Å². The number of hydrogen-bond acceptors (Lipinski definition) is 4. The highest BCUT2D eigenvalue weighted by Crippen LogP contribution is 2.31. The molecule has 0 fully saturated rings. The summed E-state index contributed by atoms with van der Waals surface area (Å²) in [6.45, 7) is 0. The molecule has 0 atom stereocenters. The van der Waals surface area contributed by atoms with Crippen molar-refractivity contribution in [2.45, 2.75) is 0 Å². The molecule has 0 saturated carbocycles. The summed E-state index contributed by atoms with van der Waals surface area (Å²) in [6, 6.07) is 12.9. The van der Waals surface area contributed by atoms with Crippen molar-refractivity contribution in [1.29, 1.82) is 0 Å². The van der Waals surface area contributed by atoms with Crippen LogP contribution < -0.4 is 14.8 Å². The second-order valence-corrected chi connectivity index (χ2v) is 6.21. The van der Waals surface area contributed by atoms with Gasteiger partial charge in [-0.15, -0.1) is 0 Å². The number of rotatable bonds is 4. The molecule has 6 heteroatoms. The van der Waals surface area contributed by atoms with E-state index in [9.17, 15) is 4.79 Å². The lowest BCUT2D eigenvalue weighted by Gasteiger charge is -2.12. The van der Waals surface area contributed by atoms with Crippen molar-refractivity contribution in [3.05, 3.63) is 57.8 Å². The Labute approximate surface area is 153 Å². The Morgan fingerprint density at radius 1 is 1.08 bits per heavy atom.